The van der Waals surface area contributed by atoms with Gasteiger partial charge in [-0.05, 0) is 42.3 Å². The predicted octanol–water partition coefficient (Wildman–Crippen LogP) is 2.95. The zero-order valence-electron chi connectivity index (χ0n) is 17.4. The van der Waals surface area contributed by atoms with E-state index < -0.39 is 10.0 Å². The normalized spacial score (nSPS) is 14.8. The standard InChI is InChI=1S/C21H25ClN2O6S/c1-28-18-7-3-15(13-19(18)29-2)4-8-21(25)23-16-5-6-17(22)20(14-16)31(26,27)24-9-11-30-12-10-24/h3,5-7,13-14H,4,8-12H2,1-2H3,(H,23,25). The molecule has 0 bridgehead atoms. The first-order valence-electron chi connectivity index (χ1n) is 9.73. The molecule has 0 spiro atoms. The SMILES string of the molecule is COc1ccc(CCC(=O)Nc2ccc(Cl)c(S(=O)(=O)N3CCOCC3)c2)cc1OC. The highest BCUT2D eigenvalue weighted by molar-refractivity contribution is 7.89. The Kier molecular flexibility index (Phi) is 7.77. The van der Waals surface area contributed by atoms with E-state index in [9.17, 15) is 13.2 Å². The predicted molar refractivity (Wildman–Crippen MR) is 118 cm³/mol. The summed E-state index contributed by atoms with van der Waals surface area (Å²) in [5.41, 5.74) is 1.29. The number of nitrogens with one attached hydrogen (secondary N) is 1. The van der Waals surface area contributed by atoms with E-state index in [-0.39, 0.29) is 35.3 Å². The van der Waals surface area contributed by atoms with Gasteiger partial charge in [0.05, 0.1) is 32.5 Å². The summed E-state index contributed by atoms with van der Waals surface area (Å²) in [6.07, 6.45) is 0.697. The third kappa shape index (κ3) is 5.68. The van der Waals surface area contributed by atoms with Gasteiger partial charge in [-0.2, -0.15) is 4.31 Å². The Balaban J connectivity index is 1.67. The van der Waals surface area contributed by atoms with Crippen molar-refractivity contribution < 1.29 is 27.4 Å². The van der Waals surface area contributed by atoms with Gasteiger partial charge in [-0.15, -0.1) is 0 Å². The van der Waals surface area contributed by atoms with Gasteiger partial charge in [-0.25, -0.2) is 8.42 Å². The van der Waals surface area contributed by atoms with Gasteiger partial charge in [0.15, 0.2) is 11.5 Å². The van der Waals surface area contributed by atoms with Crippen molar-refractivity contribution in [3.8, 4) is 11.5 Å². The van der Waals surface area contributed by atoms with Crippen molar-refractivity contribution in [2.75, 3.05) is 45.8 Å². The van der Waals surface area contributed by atoms with Crippen LogP contribution in [0.5, 0.6) is 11.5 Å². The number of halogens is 1. The number of rotatable bonds is 8. The minimum absolute atomic E-state index is 0.0336. The zero-order chi connectivity index (χ0) is 22.4. The zero-order valence-corrected chi connectivity index (χ0v) is 19.0. The Morgan fingerprint density at radius 1 is 1.10 bits per heavy atom. The highest BCUT2D eigenvalue weighted by atomic mass is 35.5. The van der Waals surface area contributed by atoms with E-state index in [1.165, 1.54) is 16.4 Å². The first kappa shape index (κ1) is 23.3. The minimum Gasteiger partial charge on any atom is -0.493 e. The summed E-state index contributed by atoms with van der Waals surface area (Å²) in [4.78, 5) is 12.4. The molecule has 0 radical (unpaired) electrons. The van der Waals surface area contributed by atoms with Crippen LogP contribution < -0.4 is 14.8 Å². The van der Waals surface area contributed by atoms with Crippen LogP contribution in [-0.2, 0) is 26.0 Å². The van der Waals surface area contributed by atoms with E-state index >= 15 is 0 Å². The lowest BCUT2D eigenvalue weighted by molar-refractivity contribution is -0.116. The van der Waals surface area contributed by atoms with Crippen LogP contribution in [0.1, 0.15) is 12.0 Å². The molecule has 2 aromatic carbocycles. The largest absolute Gasteiger partial charge is 0.493 e. The number of morpholine rings is 1. The van der Waals surface area contributed by atoms with E-state index in [0.717, 1.165) is 5.56 Å². The molecule has 0 unspecified atom stereocenters. The smallest absolute Gasteiger partial charge is 0.244 e. The lowest BCUT2D eigenvalue weighted by atomic mass is 10.1. The maximum absolute atomic E-state index is 12.9. The molecule has 0 saturated carbocycles. The molecule has 10 heteroatoms. The Hall–Kier alpha value is -2.33. The second kappa shape index (κ2) is 10.3. The number of benzene rings is 2. The van der Waals surface area contributed by atoms with Crippen LogP contribution in [0.25, 0.3) is 0 Å². The van der Waals surface area contributed by atoms with Crippen LogP contribution in [0.4, 0.5) is 5.69 Å². The molecule has 8 nitrogen and oxygen atoms in total. The number of nitrogens with zero attached hydrogens (tertiary/aromatic N) is 1. The average Bonchev–Trinajstić information content (AvgIpc) is 2.79. The molecule has 1 aliphatic rings. The number of aryl methyl sites for hydroxylation is 1. The van der Waals surface area contributed by atoms with Gasteiger partial charge in [-0.1, -0.05) is 17.7 Å². The van der Waals surface area contributed by atoms with Crippen LogP contribution in [0.2, 0.25) is 5.02 Å². The highest BCUT2D eigenvalue weighted by Crippen LogP contribution is 2.29. The third-order valence-corrected chi connectivity index (χ3v) is 7.27. The quantitative estimate of drug-likeness (QED) is 0.640. The van der Waals surface area contributed by atoms with Crippen LogP contribution in [0.15, 0.2) is 41.3 Å². The molecular formula is C21H25ClN2O6S. The first-order valence-corrected chi connectivity index (χ1v) is 11.5. The molecule has 0 atom stereocenters. The number of anilines is 1. The topological polar surface area (TPSA) is 94.2 Å². The van der Waals surface area contributed by atoms with Crippen LogP contribution in [-0.4, -0.2) is 59.2 Å². The Morgan fingerprint density at radius 2 is 1.81 bits per heavy atom. The number of methoxy groups -OCH3 is 2. The van der Waals surface area contributed by atoms with Gasteiger partial charge >= 0.3 is 0 Å². The second-order valence-electron chi connectivity index (χ2n) is 6.90. The first-order chi connectivity index (χ1) is 14.8. The van der Waals surface area contributed by atoms with Gasteiger partial charge in [0, 0.05) is 25.2 Å². The number of amides is 1. The summed E-state index contributed by atoms with van der Waals surface area (Å²) >= 11 is 6.16. The summed E-state index contributed by atoms with van der Waals surface area (Å²) in [7, 11) is -0.663. The van der Waals surface area contributed by atoms with E-state index in [1.54, 1.807) is 26.4 Å². The number of carbonyl (C=O) groups excluding carboxylic acids is 1. The van der Waals surface area contributed by atoms with Crippen LogP contribution in [0, 0.1) is 0 Å². The van der Waals surface area contributed by atoms with Gasteiger partial charge < -0.3 is 19.5 Å². The molecule has 0 aliphatic carbocycles. The van der Waals surface area contributed by atoms with Gasteiger partial charge in [0.2, 0.25) is 15.9 Å². The van der Waals surface area contributed by atoms with Crippen molar-refractivity contribution in [1.82, 2.24) is 4.31 Å². The number of hydrogen-bond donors (Lipinski definition) is 1. The summed E-state index contributed by atoms with van der Waals surface area (Å²) in [6.45, 7) is 1.20. The van der Waals surface area contributed by atoms with E-state index in [1.807, 2.05) is 12.1 Å². The van der Waals surface area contributed by atoms with E-state index in [4.69, 9.17) is 25.8 Å². The van der Waals surface area contributed by atoms with Crippen molar-refractivity contribution in [3.63, 3.8) is 0 Å². The second-order valence-corrected chi connectivity index (χ2v) is 9.21. The summed E-state index contributed by atoms with van der Waals surface area (Å²) in [5.74, 6) is 0.966. The summed E-state index contributed by atoms with van der Waals surface area (Å²) in [6, 6.07) is 9.91. The monoisotopic (exact) mass is 468 g/mol. The lowest BCUT2D eigenvalue weighted by Gasteiger charge is -2.26. The summed E-state index contributed by atoms with van der Waals surface area (Å²) < 4.78 is 42.9. The molecule has 168 valence electrons. The van der Waals surface area contributed by atoms with Crippen molar-refractivity contribution in [3.05, 3.63) is 47.0 Å². The number of hydrogen-bond acceptors (Lipinski definition) is 6. The lowest BCUT2D eigenvalue weighted by Crippen LogP contribution is -2.40. The van der Waals surface area contributed by atoms with Gasteiger partial charge in [0.25, 0.3) is 0 Å². The van der Waals surface area contributed by atoms with Crippen molar-refractivity contribution in [2.24, 2.45) is 0 Å². The highest BCUT2D eigenvalue weighted by Gasteiger charge is 2.28. The van der Waals surface area contributed by atoms with Crippen molar-refractivity contribution in [1.29, 1.82) is 0 Å². The fourth-order valence-corrected chi connectivity index (χ4v) is 5.13. The number of sulfonamides is 1. The van der Waals surface area contributed by atoms with Crippen molar-refractivity contribution in [2.45, 2.75) is 17.7 Å². The van der Waals surface area contributed by atoms with Gasteiger partial charge in [0.1, 0.15) is 4.90 Å². The molecule has 1 heterocycles. The Labute approximate surface area is 187 Å². The molecule has 1 amide bonds. The maximum Gasteiger partial charge on any atom is 0.244 e. The van der Waals surface area contributed by atoms with Crippen LogP contribution >= 0.6 is 11.6 Å². The molecule has 31 heavy (non-hydrogen) atoms. The van der Waals surface area contributed by atoms with E-state index in [2.05, 4.69) is 5.32 Å². The summed E-state index contributed by atoms with van der Waals surface area (Å²) in [5, 5.41) is 2.85. The average molecular weight is 469 g/mol. The maximum atomic E-state index is 12.9. The molecule has 1 saturated heterocycles. The Morgan fingerprint density at radius 3 is 2.48 bits per heavy atom. The molecule has 0 aromatic heterocycles. The molecule has 2 aromatic rings. The van der Waals surface area contributed by atoms with Crippen LogP contribution in [0.3, 0.4) is 0 Å². The van der Waals surface area contributed by atoms with Crippen molar-refractivity contribution >= 4 is 33.2 Å². The fourth-order valence-electron chi connectivity index (χ4n) is 3.22. The molecule has 1 fully saturated rings. The molecule has 3 rings (SSSR count). The van der Waals surface area contributed by atoms with Gasteiger partial charge in [-0.3, -0.25) is 4.79 Å². The molecular weight excluding hydrogens is 444 g/mol. The Bertz CT molecular complexity index is 1040. The minimum atomic E-state index is -3.78. The fraction of sp³-hybridized carbons (Fsp3) is 0.381. The molecule has 1 N–H and O–H groups in total. The molecule has 1 aliphatic heterocycles. The third-order valence-electron chi connectivity index (χ3n) is 4.89. The number of carbonyl (C=O) groups is 1. The van der Waals surface area contributed by atoms with E-state index in [0.29, 0.717) is 36.8 Å². The number of ether oxygens (including phenoxy) is 3.